The summed E-state index contributed by atoms with van der Waals surface area (Å²) in [6, 6.07) is 5.17. The van der Waals surface area contributed by atoms with Crippen LogP contribution in [0.25, 0.3) is 10.8 Å². The molecule has 0 saturated carbocycles. The van der Waals surface area contributed by atoms with Gasteiger partial charge in [0.25, 0.3) is 0 Å². The predicted octanol–water partition coefficient (Wildman–Crippen LogP) is 3.91. The van der Waals surface area contributed by atoms with Gasteiger partial charge < -0.3 is 0 Å². The van der Waals surface area contributed by atoms with Gasteiger partial charge in [-0.05, 0) is 17.5 Å². The first-order chi connectivity index (χ1) is 7.00. The molecule has 0 bridgehead atoms. The first kappa shape index (κ1) is 10.2. The SMILES string of the molecule is FC(F)(F)c1cccc2c(Cl)nccc12. The van der Waals surface area contributed by atoms with E-state index in [-0.39, 0.29) is 10.5 Å². The highest BCUT2D eigenvalue weighted by atomic mass is 35.5. The van der Waals surface area contributed by atoms with Crippen LogP contribution >= 0.6 is 11.6 Å². The van der Waals surface area contributed by atoms with E-state index in [0.717, 1.165) is 6.07 Å². The summed E-state index contributed by atoms with van der Waals surface area (Å²) >= 11 is 5.70. The standard InChI is InChI=1S/C10H5ClF3N/c11-9-7-2-1-3-8(10(12,13)14)6(7)4-5-15-9/h1-5H. The van der Waals surface area contributed by atoms with Gasteiger partial charge in [-0.1, -0.05) is 23.7 Å². The van der Waals surface area contributed by atoms with Gasteiger partial charge in [0.15, 0.2) is 0 Å². The number of rotatable bonds is 0. The summed E-state index contributed by atoms with van der Waals surface area (Å²) in [5, 5.41) is 0.470. The predicted molar refractivity (Wildman–Crippen MR) is 51.8 cm³/mol. The molecule has 0 aliphatic carbocycles. The molecule has 15 heavy (non-hydrogen) atoms. The van der Waals surface area contributed by atoms with Gasteiger partial charge in [0, 0.05) is 11.6 Å². The fraction of sp³-hybridized carbons (Fsp3) is 0.100. The van der Waals surface area contributed by atoms with Crippen molar-refractivity contribution in [3.63, 3.8) is 0 Å². The Morgan fingerprint density at radius 2 is 1.80 bits per heavy atom. The number of nitrogens with zero attached hydrogens (tertiary/aromatic N) is 1. The average molecular weight is 232 g/mol. The molecule has 0 aliphatic heterocycles. The minimum Gasteiger partial charge on any atom is -0.244 e. The molecule has 0 radical (unpaired) electrons. The normalized spacial score (nSPS) is 12.0. The van der Waals surface area contributed by atoms with Gasteiger partial charge in [0.05, 0.1) is 5.56 Å². The molecule has 2 rings (SSSR count). The van der Waals surface area contributed by atoms with Crippen molar-refractivity contribution in [2.45, 2.75) is 6.18 Å². The maximum absolute atomic E-state index is 12.6. The number of halogens is 4. The number of hydrogen-bond donors (Lipinski definition) is 0. The Balaban J connectivity index is 2.83. The number of aromatic nitrogens is 1. The highest BCUT2D eigenvalue weighted by Crippen LogP contribution is 2.35. The Kier molecular flexibility index (Phi) is 2.31. The van der Waals surface area contributed by atoms with Crippen molar-refractivity contribution in [1.82, 2.24) is 4.98 Å². The smallest absolute Gasteiger partial charge is 0.244 e. The Labute approximate surface area is 88.5 Å². The Hall–Kier alpha value is -1.29. The molecule has 1 aromatic carbocycles. The van der Waals surface area contributed by atoms with E-state index in [9.17, 15) is 13.2 Å². The number of pyridine rings is 1. The molecule has 0 amide bonds. The van der Waals surface area contributed by atoms with Crippen LogP contribution in [0.3, 0.4) is 0 Å². The molecule has 0 aliphatic rings. The second-order valence-corrected chi connectivity index (χ2v) is 3.36. The van der Waals surface area contributed by atoms with Crippen LogP contribution in [0.15, 0.2) is 30.5 Å². The lowest BCUT2D eigenvalue weighted by atomic mass is 10.1. The van der Waals surface area contributed by atoms with E-state index in [0.29, 0.717) is 5.39 Å². The molecule has 2 aromatic rings. The van der Waals surface area contributed by atoms with Crippen LogP contribution in [0.4, 0.5) is 13.2 Å². The molecular weight excluding hydrogens is 227 g/mol. The number of benzene rings is 1. The van der Waals surface area contributed by atoms with Crippen LogP contribution in [-0.2, 0) is 6.18 Å². The van der Waals surface area contributed by atoms with E-state index in [1.807, 2.05) is 0 Å². The van der Waals surface area contributed by atoms with Crippen LogP contribution in [0, 0.1) is 0 Å². The van der Waals surface area contributed by atoms with Crippen molar-refractivity contribution < 1.29 is 13.2 Å². The van der Waals surface area contributed by atoms with E-state index in [1.54, 1.807) is 0 Å². The molecule has 0 unspecified atom stereocenters. The summed E-state index contributed by atoms with van der Waals surface area (Å²) in [4.78, 5) is 3.73. The monoisotopic (exact) mass is 231 g/mol. The van der Waals surface area contributed by atoms with Gasteiger partial charge >= 0.3 is 6.18 Å². The lowest BCUT2D eigenvalue weighted by molar-refractivity contribution is -0.136. The zero-order chi connectivity index (χ0) is 11.1. The molecule has 1 nitrogen and oxygen atoms in total. The molecule has 1 aromatic heterocycles. The molecular formula is C10H5ClF3N. The van der Waals surface area contributed by atoms with Gasteiger partial charge in [-0.3, -0.25) is 0 Å². The summed E-state index contributed by atoms with van der Waals surface area (Å²) in [6.07, 6.45) is -3.11. The number of fused-ring (bicyclic) bond motifs is 1. The van der Waals surface area contributed by atoms with Crippen molar-refractivity contribution in [1.29, 1.82) is 0 Å². The summed E-state index contributed by atoms with van der Waals surface area (Å²) in [5.41, 5.74) is -0.690. The van der Waals surface area contributed by atoms with Crippen molar-refractivity contribution in [2.24, 2.45) is 0 Å². The van der Waals surface area contributed by atoms with Crippen LogP contribution in [0.5, 0.6) is 0 Å². The van der Waals surface area contributed by atoms with E-state index in [2.05, 4.69) is 4.98 Å². The molecule has 0 N–H and O–H groups in total. The quantitative estimate of drug-likeness (QED) is 0.627. The third kappa shape index (κ3) is 1.77. The molecule has 5 heteroatoms. The third-order valence-corrected chi connectivity index (χ3v) is 2.36. The number of hydrogen-bond acceptors (Lipinski definition) is 1. The van der Waals surface area contributed by atoms with E-state index in [4.69, 9.17) is 11.6 Å². The highest BCUT2D eigenvalue weighted by molar-refractivity contribution is 6.34. The van der Waals surface area contributed by atoms with Gasteiger partial charge in [-0.15, -0.1) is 0 Å². The molecule has 0 atom stereocenters. The van der Waals surface area contributed by atoms with E-state index >= 15 is 0 Å². The van der Waals surface area contributed by atoms with Crippen LogP contribution in [0.2, 0.25) is 5.15 Å². The van der Waals surface area contributed by atoms with Crippen LogP contribution in [-0.4, -0.2) is 4.98 Å². The van der Waals surface area contributed by atoms with Gasteiger partial charge in [0.1, 0.15) is 5.15 Å². The topological polar surface area (TPSA) is 12.9 Å². The van der Waals surface area contributed by atoms with E-state index in [1.165, 1.54) is 24.4 Å². The van der Waals surface area contributed by atoms with Crippen LogP contribution < -0.4 is 0 Å². The zero-order valence-corrected chi connectivity index (χ0v) is 8.10. The van der Waals surface area contributed by atoms with Crippen molar-refractivity contribution in [3.8, 4) is 0 Å². The molecule has 78 valence electrons. The molecule has 0 fully saturated rings. The maximum atomic E-state index is 12.6. The molecule has 1 heterocycles. The second-order valence-electron chi connectivity index (χ2n) is 3.00. The minimum atomic E-state index is -4.37. The zero-order valence-electron chi connectivity index (χ0n) is 7.35. The van der Waals surface area contributed by atoms with Gasteiger partial charge in [-0.25, -0.2) is 4.98 Å². The Morgan fingerprint density at radius 3 is 2.47 bits per heavy atom. The lowest BCUT2D eigenvalue weighted by Crippen LogP contribution is -2.05. The van der Waals surface area contributed by atoms with Crippen LogP contribution in [0.1, 0.15) is 5.56 Å². The van der Waals surface area contributed by atoms with Gasteiger partial charge in [-0.2, -0.15) is 13.2 Å². The van der Waals surface area contributed by atoms with Crippen molar-refractivity contribution in [3.05, 3.63) is 41.2 Å². The number of alkyl halides is 3. The maximum Gasteiger partial charge on any atom is 0.417 e. The summed E-state index contributed by atoms with van der Waals surface area (Å²) < 4.78 is 37.8. The lowest BCUT2D eigenvalue weighted by Gasteiger charge is -2.10. The van der Waals surface area contributed by atoms with Crippen molar-refractivity contribution >= 4 is 22.4 Å². The first-order valence-electron chi connectivity index (χ1n) is 4.10. The first-order valence-corrected chi connectivity index (χ1v) is 4.48. The third-order valence-electron chi connectivity index (χ3n) is 2.06. The summed E-state index contributed by atoms with van der Waals surface area (Å²) in [5.74, 6) is 0. The average Bonchev–Trinajstić information content (AvgIpc) is 2.16. The largest absolute Gasteiger partial charge is 0.417 e. The second kappa shape index (κ2) is 3.38. The Morgan fingerprint density at radius 1 is 1.07 bits per heavy atom. The molecule has 0 spiro atoms. The van der Waals surface area contributed by atoms with Crippen molar-refractivity contribution in [2.75, 3.05) is 0 Å². The Bertz CT molecular complexity index is 507. The van der Waals surface area contributed by atoms with Gasteiger partial charge in [0.2, 0.25) is 0 Å². The van der Waals surface area contributed by atoms with E-state index < -0.39 is 11.7 Å². The highest BCUT2D eigenvalue weighted by Gasteiger charge is 2.32. The minimum absolute atomic E-state index is 0.0741. The summed E-state index contributed by atoms with van der Waals surface area (Å²) in [6.45, 7) is 0. The fourth-order valence-electron chi connectivity index (χ4n) is 1.42. The molecule has 0 saturated heterocycles. The fourth-order valence-corrected chi connectivity index (χ4v) is 1.64. The summed E-state index contributed by atoms with van der Waals surface area (Å²) in [7, 11) is 0.